The standard InChI is InChI=1S/C22H24N2O3/c1-4-10-24(14-16-6-5-7-17(12-16)27-3)21(25)13-19-18-9-8-15(2)11-20(18)23-22(19)26/h4-9,11-12,19H,1,10,13-14H2,2-3H3,(H,23,26)/t19-/m0/s1. The largest absolute Gasteiger partial charge is 0.497 e. The van der Waals surface area contributed by atoms with E-state index in [2.05, 4.69) is 11.9 Å². The van der Waals surface area contributed by atoms with Gasteiger partial charge in [0.05, 0.1) is 13.0 Å². The first kappa shape index (κ1) is 18.7. The molecule has 0 spiro atoms. The van der Waals surface area contributed by atoms with E-state index in [1.54, 1.807) is 18.1 Å². The summed E-state index contributed by atoms with van der Waals surface area (Å²) in [6, 6.07) is 13.5. The second-order valence-corrected chi connectivity index (χ2v) is 6.75. The van der Waals surface area contributed by atoms with Crippen LogP contribution in [0.2, 0.25) is 0 Å². The van der Waals surface area contributed by atoms with Crippen molar-refractivity contribution in [2.45, 2.75) is 25.8 Å². The molecule has 2 amide bonds. The Bertz CT molecular complexity index is 876. The van der Waals surface area contributed by atoms with Crippen LogP contribution in [0.1, 0.15) is 29.0 Å². The first-order chi connectivity index (χ1) is 13.0. The minimum atomic E-state index is -0.453. The average Bonchev–Trinajstić information content (AvgIpc) is 2.96. The van der Waals surface area contributed by atoms with E-state index in [-0.39, 0.29) is 18.2 Å². The topological polar surface area (TPSA) is 58.6 Å². The minimum absolute atomic E-state index is 0.0775. The zero-order valence-electron chi connectivity index (χ0n) is 15.7. The number of amides is 2. The van der Waals surface area contributed by atoms with Crippen molar-refractivity contribution in [2.75, 3.05) is 19.0 Å². The van der Waals surface area contributed by atoms with E-state index >= 15 is 0 Å². The molecule has 0 bridgehead atoms. The zero-order chi connectivity index (χ0) is 19.4. The van der Waals surface area contributed by atoms with Gasteiger partial charge in [-0.15, -0.1) is 6.58 Å². The van der Waals surface area contributed by atoms with Crippen molar-refractivity contribution in [1.29, 1.82) is 0 Å². The van der Waals surface area contributed by atoms with Crippen LogP contribution in [0.15, 0.2) is 55.1 Å². The van der Waals surface area contributed by atoms with Gasteiger partial charge in [0.25, 0.3) is 0 Å². The summed E-state index contributed by atoms with van der Waals surface area (Å²) in [4.78, 5) is 27.0. The molecular weight excluding hydrogens is 340 g/mol. The molecule has 0 saturated carbocycles. The summed E-state index contributed by atoms with van der Waals surface area (Å²) >= 11 is 0. The Morgan fingerprint density at radius 3 is 2.85 bits per heavy atom. The number of rotatable bonds is 7. The molecule has 27 heavy (non-hydrogen) atoms. The van der Waals surface area contributed by atoms with Gasteiger partial charge in [-0.05, 0) is 41.8 Å². The number of hydrogen-bond acceptors (Lipinski definition) is 3. The van der Waals surface area contributed by atoms with Gasteiger partial charge in [-0.1, -0.05) is 30.3 Å². The fourth-order valence-corrected chi connectivity index (χ4v) is 3.35. The molecule has 140 valence electrons. The Morgan fingerprint density at radius 1 is 1.30 bits per heavy atom. The molecule has 1 heterocycles. The number of ether oxygens (including phenoxy) is 1. The van der Waals surface area contributed by atoms with Crippen LogP contribution in [0.4, 0.5) is 5.69 Å². The van der Waals surface area contributed by atoms with Gasteiger partial charge in [0.2, 0.25) is 11.8 Å². The number of fused-ring (bicyclic) bond motifs is 1. The number of nitrogens with zero attached hydrogens (tertiary/aromatic N) is 1. The number of carbonyl (C=O) groups excluding carboxylic acids is 2. The van der Waals surface area contributed by atoms with Gasteiger partial charge in [-0.2, -0.15) is 0 Å². The molecule has 1 aliphatic heterocycles. The molecule has 5 heteroatoms. The maximum atomic E-state index is 12.9. The van der Waals surface area contributed by atoms with Crippen molar-refractivity contribution in [1.82, 2.24) is 4.90 Å². The highest BCUT2D eigenvalue weighted by Crippen LogP contribution is 2.35. The molecule has 5 nitrogen and oxygen atoms in total. The lowest BCUT2D eigenvalue weighted by molar-refractivity contribution is -0.133. The maximum Gasteiger partial charge on any atom is 0.232 e. The molecule has 0 aromatic heterocycles. The summed E-state index contributed by atoms with van der Waals surface area (Å²) < 4.78 is 5.25. The lowest BCUT2D eigenvalue weighted by Gasteiger charge is -2.23. The molecule has 0 fully saturated rings. The lowest BCUT2D eigenvalue weighted by atomic mass is 9.95. The van der Waals surface area contributed by atoms with Crippen molar-refractivity contribution < 1.29 is 14.3 Å². The predicted molar refractivity (Wildman–Crippen MR) is 106 cm³/mol. The van der Waals surface area contributed by atoms with E-state index in [1.807, 2.05) is 49.4 Å². The molecule has 1 atom stereocenters. The minimum Gasteiger partial charge on any atom is -0.497 e. The zero-order valence-corrected chi connectivity index (χ0v) is 15.7. The highest BCUT2D eigenvalue weighted by Gasteiger charge is 2.33. The third-order valence-electron chi connectivity index (χ3n) is 4.75. The second kappa shape index (κ2) is 8.08. The van der Waals surface area contributed by atoms with Gasteiger partial charge in [-0.25, -0.2) is 0 Å². The predicted octanol–water partition coefficient (Wildman–Crippen LogP) is 3.64. The van der Waals surface area contributed by atoms with Crippen LogP contribution in [-0.4, -0.2) is 30.4 Å². The number of aryl methyl sites for hydroxylation is 1. The summed E-state index contributed by atoms with van der Waals surface area (Å²) in [5, 5.41) is 2.88. The van der Waals surface area contributed by atoms with Gasteiger partial charge < -0.3 is 15.0 Å². The third kappa shape index (κ3) is 4.19. The number of hydrogen-bond donors (Lipinski definition) is 1. The molecule has 0 radical (unpaired) electrons. The summed E-state index contributed by atoms with van der Waals surface area (Å²) in [7, 11) is 1.61. The first-order valence-corrected chi connectivity index (χ1v) is 8.95. The normalized spacial score (nSPS) is 15.0. The molecule has 0 aliphatic carbocycles. The van der Waals surface area contributed by atoms with Crippen LogP contribution >= 0.6 is 0 Å². The molecular formula is C22H24N2O3. The van der Waals surface area contributed by atoms with Crippen molar-refractivity contribution >= 4 is 17.5 Å². The second-order valence-electron chi connectivity index (χ2n) is 6.75. The fraction of sp³-hybridized carbons (Fsp3) is 0.273. The number of methoxy groups -OCH3 is 1. The molecule has 0 unspecified atom stereocenters. The highest BCUT2D eigenvalue weighted by molar-refractivity contribution is 6.05. The Morgan fingerprint density at radius 2 is 2.11 bits per heavy atom. The van der Waals surface area contributed by atoms with Crippen LogP contribution in [-0.2, 0) is 16.1 Å². The number of carbonyl (C=O) groups is 2. The molecule has 1 N–H and O–H groups in total. The Balaban J connectivity index is 1.76. The molecule has 2 aromatic carbocycles. The van der Waals surface area contributed by atoms with Crippen LogP contribution in [0.25, 0.3) is 0 Å². The maximum absolute atomic E-state index is 12.9. The van der Waals surface area contributed by atoms with Crippen LogP contribution in [0.5, 0.6) is 5.75 Å². The molecule has 2 aromatic rings. The van der Waals surface area contributed by atoms with E-state index < -0.39 is 5.92 Å². The van der Waals surface area contributed by atoms with E-state index in [0.717, 1.165) is 28.1 Å². The van der Waals surface area contributed by atoms with E-state index in [9.17, 15) is 9.59 Å². The fourth-order valence-electron chi connectivity index (χ4n) is 3.35. The van der Waals surface area contributed by atoms with Gasteiger partial charge in [0.15, 0.2) is 0 Å². The smallest absolute Gasteiger partial charge is 0.232 e. The summed E-state index contributed by atoms with van der Waals surface area (Å²) in [5.41, 5.74) is 3.74. The summed E-state index contributed by atoms with van der Waals surface area (Å²) in [6.07, 6.45) is 1.84. The Labute approximate surface area is 159 Å². The molecule has 3 rings (SSSR count). The van der Waals surface area contributed by atoms with Crippen LogP contribution < -0.4 is 10.1 Å². The Kier molecular flexibility index (Phi) is 5.60. The highest BCUT2D eigenvalue weighted by atomic mass is 16.5. The quantitative estimate of drug-likeness (QED) is 0.763. The van der Waals surface area contributed by atoms with Gasteiger partial charge in [-0.3, -0.25) is 9.59 Å². The monoisotopic (exact) mass is 364 g/mol. The van der Waals surface area contributed by atoms with Gasteiger partial charge in [0, 0.05) is 25.2 Å². The van der Waals surface area contributed by atoms with Crippen molar-refractivity contribution in [3.63, 3.8) is 0 Å². The Hall–Kier alpha value is -3.08. The average molecular weight is 364 g/mol. The lowest BCUT2D eigenvalue weighted by Crippen LogP contribution is -2.32. The third-order valence-corrected chi connectivity index (χ3v) is 4.75. The number of anilines is 1. The SMILES string of the molecule is C=CCN(Cc1cccc(OC)c1)C(=O)C[C@@H]1C(=O)Nc2cc(C)ccc21. The van der Waals surface area contributed by atoms with Gasteiger partial charge in [0.1, 0.15) is 5.75 Å². The van der Waals surface area contributed by atoms with Crippen LogP contribution in [0.3, 0.4) is 0 Å². The number of benzene rings is 2. The van der Waals surface area contributed by atoms with E-state index in [0.29, 0.717) is 13.1 Å². The van der Waals surface area contributed by atoms with Gasteiger partial charge >= 0.3 is 0 Å². The van der Waals surface area contributed by atoms with E-state index in [4.69, 9.17) is 4.74 Å². The summed E-state index contributed by atoms with van der Waals surface area (Å²) in [6.45, 7) is 6.59. The van der Waals surface area contributed by atoms with Crippen molar-refractivity contribution in [2.24, 2.45) is 0 Å². The van der Waals surface area contributed by atoms with Crippen molar-refractivity contribution in [3.8, 4) is 5.75 Å². The van der Waals surface area contributed by atoms with E-state index in [1.165, 1.54) is 0 Å². The van der Waals surface area contributed by atoms with Crippen molar-refractivity contribution in [3.05, 3.63) is 71.8 Å². The molecule has 0 saturated heterocycles. The van der Waals surface area contributed by atoms with Crippen LogP contribution in [0, 0.1) is 6.92 Å². The molecule has 1 aliphatic rings. The number of nitrogens with one attached hydrogen (secondary N) is 1. The summed E-state index contributed by atoms with van der Waals surface area (Å²) in [5.74, 6) is 0.0962. The first-order valence-electron chi connectivity index (χ1n) is 8.95.